The molecule has 0 radical (unpaired) electrons. The van der Waals surface area contributed by atoms with Gasteiger partial charge in [0.1, 0.15) is 6.54 Å². The van der Waals surface area contributed by atoms with Gasteiger partial charge in [0.25, 0.3) is 0 Å². The van der Waals surface area contributed by atoms with Crippen molar-refractivity contribution in [3.05, 3.63) is 83.2 Å². The Morgan fingerprint density at radius 3 is 2.72 bits per heavy atom. The van der Waals surface area contributed by atoms with Crippen LogP contribution in [0.4, 0.5) is 5.69 Å². The molecular formula is C23H23N2+. The predicted molar refractivity (Wildman–Crippen MR) is 106 cm³/mol. The van der Waals surface area contributed by atoms with Crippen LogP contribution in [0.1, 0.15) is 23.6 Å². The van der Waals surface area contributed by atoms with E-state index in [1.54, 1.807) is 0 Å². The Morgan fingerprint density at radius 1 is 1.04 bits per heavy atom. The highest BCUT2D eigenvalue weighted by atomic mass is 15.1. The zero-order valence-electron chi connectivity index (χ0n) is 15.0. The molecule has 0 amide bonds. The van der Waals surface area contributed by atoms with E-state index in [9.17, 15) is 0 Å². The summed E-state index contributed by atoms with van der Waals surface area (Å²) in [6.07, 6.45) is 8.87. The molecule has 4 rings (SSSR count). The third-order valence-corrected chi connectivity index (χ3v) is 4.97. The second-order valence-corrected chi connectivity index (χ2v) is 6.60. The molecule has 0 unspecified atom stereocenters. The van der Waals surface area contributed by atoms with E-state index in [-0.39, 0.29) is 0 Å². The maximum absolute atomic E-state index is 2.29. The van der Waals surface area contributed by atoms with Gasteiger partial charge in [-0.3, -0.25) is 0 Å². The van der Waals surface area contributed by atoms with Crippen LogP contribution in [0.3, 0.4) is 0 Å². The highest BCUT2D eigenvalue weighted by Gasteiger charge is 2.15. The molecule has 0 atom stereocenters. The summed E-state index contributed by atoms with van der Waals surface area (Å²) in [6, 6.07) is 17.4. The molecule has 1 aliphatic heterocycles. The molecule has 0 N–H and O–H groups in total. The number of anilines is 1. The summed E-state index contributed by atoms with van der Waals surface area (Å²) < 4.78 is 2.29. The summed E-state index contributed by atoms with van der Waals surface area (Å²) in [4.78, 5) is 2.28. The zero-order chi connectivity index (χ0) is 17.4. The normalized spacial score (nSPS) is 15.0. The minimum absolute atomic E-state index is 0.976. The van der Waals surface area contributed by atoms with Crippen molar-refractivity contribution < 1.29 is 4.57 Å². The number of aryl methyl sites for hydroxylation is 2. The first-order valence-electron chi connectivity index (χ1n) is 8.82. The molecule has 0 bridgehead atoms. The molecule has 1 aliphatic rings. The van der Waals surface area contributed by atoms with Gasteiger partial charge in [0.05, 0.1) is 5.39 Å². The Morgan fingerprint density at radius 2 is 1.88 bits per heavy atom. The van der Waals surface area contributed by atoms with E-state index in [4.69, 9.17) is 0 Å². The Bertz CT molecular complexity index is 1010. The van der Waals surface area contributed by atoms with Crippen LogP contribution in [0.5, 0.6) is 0 Å². The fourth-order valence-corrected chi connectivity index (χ4v) is 3.53. The Labute approximate surface area is 149 Å². The van der Waals surface area contributed by atoms with E-state index in [2.05, 4.69) is 103 Å². The molecular weight excluding hydrogens is 304 g/mol. The number of hydrogen-bond acceptors (Lipinski definition) is 1. The van der Waals surface area contributed by atoms with E-state index in [1.807, 2.05) is 0 Å². The van der Waals surface area contributed by atoms with Crippen LogP contribution in [-0.2, 0) is 6.54 Å². The molecule has 0 saturated carbocycles. The number of pyridine rings is 1. The third-order valence-electron chi connectivity index (χ3n) is 4.97. The monoisotopic (exact) mass is 327 g/mol. The van der Waals surface area contributed by atoms with Crippen LogP contribution in [0.2, 0.25) is 0 Å². The molecule has 0 spiro atoms. The summed E-state index contributed by atoms with van der Waals surface area (Å²) in [6.45, 7) is 5.30. The largest absolute Gasteiger partial charge is 0.344 e. The summed E-state index contributed by atoms with van der Waals surface area (Å²) in [5, 5.41) is 1.29. The summed E-state index contributed by atoms with van der Waals surface area (Å²) in [7, 11) is 2.14. The van der Waals surface area contributed by atoms with E-state index < -0.39 is 0 Å². The standard InChI is InChI=1S/C23H23N2/c1-4-25-14-13-19(21-7-5-6-8-22(21)25)16-20-12-11-18-10-9-17(2)15-23(18)24(20)3/h5-16H,4H2,1-3H3/q+1. The lowest BCUT2D eigenvalue weighted by molar-refractivity contribution is -0.667. The molecule has 1 aromatic heterocycles. The van der Waals surface area contributed by atoms with Gasteiger partial charge in [0.15, 0.2) is 6.20 Å². The summed E-state index contributed by atoms with van der Waals surface area (Å²) >= 11 is 0. The number of nitrogens with zero attached hydrogens (tertiary/aromatic N) is 2. The van der Waals surface area contributed by atoms with Gasteiger partial charge in [-0.15, -0.1) is 0 Å². The first kappa shape index (κ1) is 15.6. The van der Waals surface area contributed by atoms with Crippen LogP contribution in [-0.4, -0.2) is 7.05 Å². The van der Waals surface area contributed by atoms with Gasteiger partial charge in [0, 0.05) is 30.6 Å². The molecule has 0 aliphatic carbocycles. The molecule has 3 aromatic rings. The lowest BCUT2D eigenvalue weighted by Crippen LogP contribution is -2.32. The number of para-hydroxylation sites is 1. The van der Waals surface area contributed by atoms with Gasteiger partial charge >= 0.3 is 0 Å². The smallest absolute Gasteiger partial charge is 0.213 e. The summed E-state index contributed by atoms with van der Waals surface area (Å²) in [5.74, 6) is 0. The third kappa shape index (κ3) is 2.74. The summed E-state index contributed by atoms with van der Waals surface area (Å²) in [5.41, 5.74) is 7.55. The maximum atomic E-state index is 2.29. The van der Waals surface area contributed by atoms with Crippen molar-refractivity contribution in [1.29, 1.82) is 0 Å². The fourth-order valence-electron chi connectivity index (χ4n) is 3.53. The van der Waals surface area contributed by atoms with Crippen LogP contribution in [0.15, 0.2) is 66.5 Å². The average Bonchev–Trinajstić information content (AvgIpc) is 2.64. The molecule has 0 saturated heterocycles. The van der Waals surface area contributed by atoms with Crippen LogP contribution in [0, 0.1) is 6.92 Å². The van der Waals surface area contributed by atoms with Crippen molar-refractivity contribution >= 4 is 28.7 Å². The number of likely N-dealkylation sites (N-methyl/N-ethyl adjacent to an activating group) is 1. The number of rotatable bonds is 2. The van der Waals surface area contributed by atoms with Gasteiger partial charge in [0.2, 0.25) is 5.52 Å². The van der Waals surface area contributed by atoms with E-state index in [1.165, 1.54) is 39.0 Å². The van der Waals surface area contributed by atoms with Gasteiger partial charge in [-0.2, -0.15) is 4.57 Å². The van der Waals surface area contributed by atoms with Crippen LogP contribution >= 0.6 is 0 Å². The lowest BCUT2D eigenvalue weighted by Gasteiger charge is -2.27. The molecule has 2 aromatic carbocycles. The molecule has 25 heavy (non-hydrogen) atoms. The number of aromatic nitrogens is 1. The maximum Gasteiger partial charge on any atom is 0.213 e. The topological polar surface area (TPSA) is 7.12 Å². The average molecular weight is 327 g/mol. The SMILES string of the molecule is CC[n+]1ccc(C=C2C=Cc3ccc(C)cc3N2C)c2ccccc21. The molecule has 124 valence electrons. The quantitative estimate of drug-likeness (QED) is 0.603. The van der Waals surface area contributed by atoms with Crippen molar-refractivity contribution in [3.8, 4) is 0 Å². The van der Waals surface area contributed by atoms with E-state index >= 15 is 0 Å². The number of hydrogen-bond donors (Lipinski definition) is 0. The minimum Gasteiger partial charge on any atom is -0.344 e. The van der Waals surface area contributed by atoms with Crippen molar-refractivity contribution in [3.63, 3.8) is 0 Å². The second-order valence-electron chi connectivity index (χ2n) is 6.60. The Hall–Kier alpha value is -2.87. The first-order valence-corrected chi connectivity index (χ1v) is 8.82. The Balaban J connectivity index is 1.84. The van der Waals surface area contributed by atoms with Crippen LogP contribution < -0.4 is 9.47 Å². The Kier molecular flexibility index (Phi) is 3.89. The number of fused-ring (bicyclic) bond motifs is 2. The molecule has 2 nitrogen and oxygen atoms in total. The molecule has 2 heteroatoms. The second kappa shape index (κ2) is 6.21. The van der Waals surface area contributed by atoms with Crippen molar-refractivity contribution in [2.75, 3.05) is 11.9 Å². The number of allylic oxidation sites excluding steroid dienone is 1. The minimum atomic E-state index is 0.976. The van der Waals surface area contributed by atoms with Gasteiger partial charge in [-0.25, -0.2) is 0 Å². The predicted octanol–water partition coefficient (Wildman–Crippen LogP) is 4.96. The van der Waals surface area contributed by atoms with Crippen molar-refractivity contribution in [1.82, 2.24) is 0 Å². The molecule has 0 fully saturated rings. The van der Waals surface area contributed by atoms with E-state index in [0.717, 1.165) is 6.54 Å². The van der Waals surface area contributed by atoms with Crippen LogP contribution in [0.25, 0.3) is 23.1 Å². The van der Waals surface area contributed by atoms with Crippen molar-refractivity contribution in [2.45, 2.75) is 20.4 Å². The van der Waals surface area contributed by atoms with Crippen molar-refractivity contribution in [2.24, 2.45) is 0 Å². The number of benzene rings is 2. The highest BCUT2D eigenvalue weighted by Crippen LogP contribution is 2.32. The zero-order valence-corrected chi connectivity index (χ0v) is 15.0. The van der Waals surface area contributed by atoms with Gasteiger partial charge in [-0.1, -0.05) is 30.3 Å². The fraction of sp³-hybridized carbons (Fsp3) is 0.174. The van der Waals surface area contributed by atoms with E-state index in [0.29, 0.717) is 0 Å². The van der Waals surface area contributed by atoms with Gasteiger partial charge < -0.3 is 4.90 Å². The lowest BCUT2D eigenvalue weighted by atomic mass is 10.0. The highest BCUT2D eigenvalue weighted by molar-refractivity contribution is 5.88. The molecule has 2 heterocycles. The van der Waals surface area contributed by atoms with Gasteiger partial charge in [-0.05, 0) is 54.8 Å². The first-order chi connectivity index (χ1) is 12.2.